The summed E-state index contributed by atoms with van der Waals surface area (Å²) in [6.07, 6.45) is 0.969. The first-order valence-corrected chi connectivity index (χ1v) is 6.07. The summed E-state index contributed by atoms with van der Waals surface area (Å²) in [7, 11) is 1.68. The third-order valence-corrected chi connectivity index (χ3v) is 3.37. The molecule has 0 spiro atoms. The molecule has 1 unspecified atom stereocenters. The van der Waals surface area contributed by atoms with Crippen molar-refractivity contribution >= 4 is 0 Å². The number of methoxy groups -OCH3 is 1. The van der Waals surface area contributed by atoms with E-state index >= 15 is 0 Å². The Bertz CT molecular complexity index is 372. The van der Waals surface area contributed by atoms with Gasteiger partial charge in [-0.05, 0) is 25.0 Å². The van der Waals surface area contributed by atoms with Crippen LogP contribution in [0.25, 0.3) is 0 Å². The van der Waals surface area contributed by atoms with Gasteiger partial charge in [-0.3, -0.25) is 0 Å². The van der Waals surface area contributed by atoms with Gasteiger partial charge in [0.05, 0.1) is 26.9 Å². The van der Waals surface area contributed by atoms with E-state index in [1.807, 2.05) is 12.1 Å². The van der Waals surface area contributed by atoms with Crippen molar-refractivity contribution in [2.24, 2.45) is 5.92 Å². The van der Waals surface area contributed by atoms with E-state index in [1.165, 1.54) is 5.56 Å². The van der Waals surface area contributed by atoms with Gasteiger partial charge < -0.3 is 14.6 Å². The van der Waals surface area contributed by atoms with Gasteiger partial charge in [-0.2, -0.15) is 0 Å². The number of aliphatic hydroxyl groups excluding tert-OH is 1. The van der Waals surface area contributed by atoms with Crippen LogP contribution < -0.4 is 4.74 Å². The van der Waals surface area contributed by atoms with Gasteiger partial charge in [-0.25, -0.2) is 0 Å². The molecule has 0 aromatic heterocycles. The molecule has 1 N–H and O–H groups in total. The van der Waals surface area contributed by atoms with Crippen LogP contribution in [0.15, 0.2) is 18.2 Å². The smallest absolute Gasteiger partial charge is 0.122 e. The molecule has 0 bridgehead atoms. The molecule has 3 heteroatoms. The summed E-state index contributed by atoms with van der Waals surface area (Å²) in [6, 6.07) is 6.12. The highest BCUT2D eigenvalue weighted by Crippen LogP contribution is 2.33. The maximum absolute atomic E-state index is 9.56. The number of benzene rings is 1. The third kappa shape index (κ3) is 2.79. The lowest BCUT2D eigenvalue weighted by atomic mass is 9.87. The minimum absolute atomic E-state index is 0.152. The number of aryl methyl sites for hydroxylation is 1. The molecule has 0 radical (unpaired) electrons. The number of hydrogen-bond donors (Lipinski definition) is 1. The minimum Gasteiger partial charge on any atom is -0.496 e. The molecule has 1 aromatic rings. The normalized spacial score (nSPS) is 17.6. The zero-order chi connectivity index (χ0) is 12.3. The van der Waals surface area contributed by atoms with E-state index in [4.69, 9.17) is 9.47 Å². The summed E-state index contributed by atoms with van der Waals surface area (Å²) in [6.45, 7) is 3.87. The zero-order valence-electron chi connectivity index (χ0n) is 10.5. The molecule has 0 aliphatic carbocycles. The van der Waals surface area contributed by atoms with Gasteiger partial charge in [-0.15, -0.1) is 0 Å². The fourth-order valence-corrected chi connectivity index (χ4v) is 2.30. The van der Waals surface area contributed by atoms with Crippen molar-refractivity contribution in [3.63, 3.8) is 0 Å². The zero-order valence-corrected chi connectivity index (χ0v) is 10.5. The average Bonchev–Trinajstić information content (AvgIpc) is 2.28. The molecule has 1 saturated heterocycles. The lowest BCUT2D eigenvalue weighted by molar-refractivity contribution is -0.0406. The highest BCUT2D eigenvalue weighted by atomic mass is 16.5. The molecule has 1 fully saturated rings. The van der Waals surface area contributed by atoms with Crippen LogP contribution in [0.5, 0.6) is 5.75 Å². The highest BCUT2D eigenvalue weighted by molar-refractivity contribution is 5.39. The van der Waals surface area contributed by atoms with Gasteiger partial charge in [0.2, 0.25) is 0 Å². The van der Waals surface area contributed by atoms with Crippen molar-refractivity contribution in [3.8, 4) is 5.75 Å². The maximum Gasteiger partial charge on any atom is 0.122 e. The topological polar surface area (TPSA) is 38.7 Å². The number of ether oxygens (including phenoxy) is 2. The summed E-state index contributed by atoms with van der Waals surface area (Å²) in [4.78, 5) is 0. The van der Waals surface area contributed by atoms with Crippen LogP contribution in [0.4, 0.5) is 0 Å². The van der Waals surface area contributed by atoms with Crippen molar-refractivity contribution in [2.45, 2.75) is 19.3 Å². The van der Waals surface area contributed by atoms with Gasteiger partial charge in [0.1, 0.15) is 5.75 Å². The third-order valence-electron chi connectivity index (χ3n) is 3.37. The van der Waals surface area contributed by atoms with E-state index < -0.39 is 0 Å². The van der Waals surface area contributed by atoms with E-state index in [-0.39, 0.29) is 12.5 Å². The molecule has 3 nitrogen and oxygen atoms in total. The van der Waals surface area contributed by atoms with E-state index in [9.17, 15) is 5.11 Å². The SMILES string of the molecule is COc1ccc(C)cc1C(CO)CC1COC1. The molecule has 0 saturated carbocycles. The first-order chi connectivity index (χ1) is 8.24. The molecule has 1 atom stereocenters. The van der Waals surface area contributed by atoms with Crippen molar-refractivity contribution < 1.29 is 14.6 Å². The second-order valence-electron chi connectivity index (χ2n) is 4.76. The lowest BCUT2D eigenvalue weighted by Crippen LogP contribution is -2.29. The Hall–Kier alpha value is -1.06. The molecule has 17 heavy (non-hydrogen) atoms. The van der Waals surface area contributed by atoms with Crippen LogP contribution in [-0.2, 0) is 4.74 Å². The summed E-state index contributed by atoms with van der Waals surface area (Å²) in [5.41, 5.74) is 2.31. The Kier molecular flexibility index (Phi) is 4.02. The summed E-state index contributed by atoms with van der Waals surface area (Å²) in [5.74, 6) is 1.60. The van der Waals surface area contributed by atoms with Crippen LogP contribution in [-0.4, -0.2) is 32.0 Å². The van der Waals surface area contributed by atoms with Crippen molar-refractivity contribution in [1.29, 1.82) is 0 Å². The fourth-order valence-electron chi connectivity index (χ4n) is 2.30. The lowest BCUT2D eigenvalue weighted by Gasteiger charge is -2.30. The molecule has 2 rings (SSSR count). The summed E-state index contributed by atoms with van der Waals surface area (Å²) in [5, 5.41) is 9.56. The van der Waals surface area contributed by atoms with E-state index in [0.717, 1.165) is 30.9 Å². The number of rotatable bonds is 5. The molecular formula is C14H20O3. The molecule has 0 amide bonds. The minimum atomic E-state index is 0.152. The Morgan fingerprint density at radius 2 is 2.24 bits per heavy atom. The quantitative estimate of drug-likeness (QED) is 0.851. The number of aliphatic hydroxyl groups is 1. The number of hydrogen-bond acceptors (Lipinski definition) is 3. The van der Waals surface area contributed by atoms with Gasteiger partial charge in [0.25, 0.3) is 0 Å². The molecule has 1 aliphatic rings. The van der Waals surface area contributed by atoms with Gasteiger partial charge in [0.15, 0.2) is 0 Å². The largest absolute Gasteiger partial charge is 0.496 e. The molecule has 1 heterocycles. The first kappa shape index (κ1) is 12.4. The van der Waals surface area contributed by atoms with Gasteiger partial charge in [0, 0.05) is 11.8 Å². The van der Waals surface area contributed by atoms with E-state index in [0.29, 0.717) is 5.92 Å². The molecular weight excluding hydrogens is 216 g/mol. The Morgan fingerprint density at radius 3 is 2.76 bits per heavy atom. The van der Waals surface area contributed by atoms with Gasteiger partial charge in [-0.1, -0.05) is 17.7 Å². The fraction of sp³-hybridized carbons (Fsp3) is 0.571. The maximum atomic E-state index is 9.56. The van der Waals surface area contributed by atoms with Crippen LogP contribution in [0, 0.1) is 12.8 Å². The standard InChI is InChI=1S/C14H20O3/c1-10-3-4-14(16-2)13(5-10)12(7-15)6-11-8-17-9-11/h3-5,11-12,15H,6-9H2,1-2H3. The van der Waals surface area contributed by atoms with E-state index in [1.54, 1.807) is 7.11 Å². The van der Waals surface area contributed by atoms with Crippen molar-refractivity contribution in [1.82, 2.24) is 0 Å². The highest BCUT2D eigenvalue weighted by Gasteiger charge is 2.25. The molecule has 1 aromatic carbocycles. The predicted octanol–water partition coefficient (Wildman–Crippen LogP) is 2.12. The van der Waals surface area contributed by atoms with Crippen LogP contribution in [0.1, 0.15) is 23.5 Å². The van der Waals surface area contributed by atoms with Crippen LogP contribution in [0.3, 0.4) is 0 Å². The van der Waals surface area contributed by atoms with Crippen molar-refractivity contribution in [2.75, 3.05) is 26.9 Å². The van der Waals surface area contributed by atoms with Crippen LogP contribution >= 0.6 is 0 Å². The van der Waals surface area contributed by atoms with Gasteiger partial charge >= 0.3 is 0 Å². The summed E-state index contributed by atoms with van der Waals surface area (Å²) < 4.78 is 10.6. The second kappa shape index (κ2) is 5.52. The second-order valence-corrected chi connectivity index (χ2v) is 4.76. The molecule has 94 valence electrons. The Labute approximate surface area is 102 Å². The Balaban J connectivity index is 2.18. The predicted molar refractivity (Wildman–Crippen MR) is 66.5 cm³/mol. The Morgan fingerprint density at radius 1 is 1.47 bits per heavy atom. The van der Waals surface area contributed by atoms with E-state index in [2.05, 4.69) is 13.0 Å². The first-order valence-electron chi connectivity index (χ1n) is 6.07. The average molecular weight is 236 g/mol. The van der Waals surface area contributed by atoms with Crippen molar-refractivity contribution in [3.05, 3.63) is 29.3 Å². The van der Waals surface area contributed by atoms with Crippen LogP contribution in [0.2, 0.25) is 0 Å². The monoisotopic (exact) mass is 236 g/mol. The summed E-state index contributed by atoms with van der Waals surface area (Å²) >= 11 is 0. The molecule has 1 aliphatic heterocycles.